The molecule has 0 saturated heterocycles. The van der Waals surface area contributed by atoms with Gasteiger partial charge in [-0.1, -0.05) is 12.1 Å². The highest BCUT2D eigenvalue weighted by molar-refractivity contribution is 7.09. The number of benzene rings is 1. The fraction of sp³-hybridized carbons (Fsp3) is 0.375. The Labute approximate surface area is 138 Å². The van der Waals surface area contributed by atoms with Gasteiger partial charge in [-0.25, -0.2) is 0 Å². The molecule has 1 amide bonds. The maximum atomic E-state index is 12.3. The topological polar surface area (TPSA) is 42.4 Å². The largest absolute Gasteiger partial charge is 0.485 e. The lowest BCUT2D eigenvalue weighted by atomic mass is 10.0. The molecule has 3 rings (SSSR count). The average molecular weight is 337 g/mol. The van der Waals surface area contributed by atoms with Crippen LogP contribution in [-0.2, 0) is 17.8 Å². The molecule has 0 N–H and O–H groups in total. The van der Waals surface area contributed by atoms with E-state index >= 15 is 0 Å². The van der Waals surface area contributed by atoms with E-state index in [1.165, 1.54) is 11.3 Å². The lowest BCUT2D eigenvalue weighted by Crippen LogP contribution is -2.32. The molecular weight excluding hydrogens is 320 g/mol. The van der Waals surface area contributed by atoms with E-state index in [-0.39, 0.29) is 17.4 Å². The maximum absolute atomic E-state index is 12.3. The zero-order valence-electron chi connectivity index (χ0n) is 12.5. The molecule has 116 valence electrons. The number of carbonyl (C=O) groups is 1. The van der Waals surface area contributed by atoms with Crippen LogP contribution in [0.4, 0.5) is 5.69 Å². The number of halogens is 1. The Bertz CT molecular complexity index is 685. The first kappa shape index (κ1) is 15.3. The highest BCUT2D eigenvalue weighted by Gasteiger charge is 2.33. The second kappa shape index (κ2) is 5.89. The van der Waals surface area contributed by atoms with Crippen molar-refractivity contribution in [2.75, 3.05) is 10.8 Å². The first-order valence-corrected chi connectivity index (χ1v) is 8.46. The molecule has 0 fully saturated rings. The Morgan fingerprint density at radius 3 is 3.00 bits per heavy atom. The Morgan fingerprint density at radius 2 is 2.32 bits per heavy atom. The minimum Gasteiger partial charge on any atom is -0.485 e. The molecule has 4 nitrogen and oxygen atoms in total. The highest BCUT2D eigenvalue weighted by Crippen LogP contribution is 2.42. The zero-order chi connectivity index (χ0) is 15.7. The second-order valence-electron chi connectivity index (χ2n) is 5.89. The van der Waals surface area contributed by atoms with Crippen LogP contribution in [0.2, 0.25) is 0 Å². The van der Waals surface area contributed by atoms with Gasteiger partial charge in [0.2, 0.25) is 5.91 Å². The van der Waals surface area contributed by atoms with Gasteiger partial charge in [-0.05, 0) is 19.9 Å². The molecule has 22 heavy (non-hydrogen) atoms. The van der Waals surface area contributed by atoms with Crippen molar-refractivity contribution in [3.8, 4) is 5.75 Å². The number of amides is 1. The van der Waals surface area contributed by atoms with Crippen molar-refractivity contribution < 1.29 is 9.53 Å². The third kappa shape index (κ3) is 2.96. The van der Waals surface area contributed by atoms with Gasteiger partial charge in [-0.3, -0.25) is 9.78 Å². The number of carbonyl (C=O) groups excluding carboxylic acids is 1. The van der Waals surface area contributed by atoms with Crippen molar-refractivity contribution in [1.82, 2.24) is 4.98 Å². The van der Waals surface area contributed by atoms with Crippen LogP contribution in [0.15, 0.2) is 29.9 Å². The third-order valence-corrected chi connectivity index (χ3v) is 4.57. The summed E-state index contributed by atoms with van der Waals surface area (Å²) in [6.07, 6.45) is 2.60. The molecule has 2 aromatic rings. The highest BCUT2D eigenvalue weighted by atomic mass is 35.5. The lowest BCUT2D eigenvalue weighted by molar-refractivity contribution is -0.116. The maximum Gasteiger partial charge on any atom is 0.242 e. The lowest BCUT2D eigenvalue weighted by Gasteiger charge is -2.25. The van der Waals surface area contributed by atoms with Crippen molar-refractivity contribution in [2.45, 2.75) is 32.4 Å². The molecule has 0 unspecified atom stereocenters. The van der Waals surface area contributed by atoms with Crippen LogP contribution in [0.1, 0.15) is 24.3 Å². The van der Waals surface area contributed by atoms with Crippen molar-refractivity contribution in [1.29, 1.82) is 0 Å². The molecule has 0 spiro atoms. The van der Waals surface area contributed by atoms with Crippen LogP contribution >= 0.6 is 22.9 Å². The van der Waals surface area contributed by atoms with Gasteiger partial charge in [0.25, 0.3) is 0 Å². The van der Waals surface area contributed by atoms with E-state index in [9.17, 15) is 4.79 Å². The summed E-state index contributed by atoms with van der Waals surface area (Å²) < 4.78 is 6.07. The summed E-state index contributed by atoms with van der Waals surface area (Å²) >= 11 is 7.32. The Morgan fingerprint density at radius 1 is 1.50 bits per heavy atom. The Balaban J connectivity index is 1.99. The Hall–Kier alpha value is -1.59. The van der Waals surface area contributed by atoms with Gasteiger partial charge in [0.05, 0.1) is 17.7 Å². The summed E-state index contributed by atoms with van der Waals surface area (Å²) in [5.41, 5.74) is 3.41. The van der Waals surface area contributed by atoms with Crippen LogP contribution in [0, 0.1) is 0 Å². The third-order valence-electron chi connectivity index (χ3n) is 3.57. The molecule has 0 radical (unpaired) electrons. The number of hydrogen-bond donors (Lipinski definition) is 0. The summed E-state index contributed by atoms with van der Waals surface area (Å²) in [6, 6.07) is 5.91. The van der Waals surface area contributed by atoms with Crippen LogP contribution in [-0.4, -0.2) is 22.4 Å². The van der Waals surface area contributed by atoms with Gasteiger partial charge in [0, 0.05) is 23.1 Å². The zero-order valence-corrected chi connectivity index (χ0v) is 14.1. The minimum absolute atomic E-state index is 0.0636. The van der Waals surface area contributed by atoms with Crippen molar-refractivity contribution in [3.63, 3.8) is 0 Å². The summed E-state index contributed by atoms with van der Waals surface area (Å²) in [7, 11) is 0. The predicted octanol–water partition coefficient (Wildman–Crippen LogP) is 3.63. The number of alkyl halides is 1. The number of thiazole rings is 1. The monoisotopic (exact) mass is 336 g/mol. The molecule has 0 bridgehead atoms. The van der Waals surface area contributed by atoms with E-state index in [0.29, 0.717) is 6.54 Å². The van der Waals surface area contributed by atoms with E-state index in [1.54, 1.807) is 16.6 Å². The second-order valence-corrected chi connectivity index (χ2v) is 7.12. The van der Waals surface area contributed by atoms with E-state index < -0.39 is 0 Å². The molecule has 2 heterocycles. The van der Waals surface area contributed by atoms with Crippen molar-refractivity contribution in [3.05, 3.63) is 40.3 Å². The predicted molar refractivity (Wildman–Crippen MR) is 88.9 cm³/mol. The first-order chi connectivity index (χ1) is 10.5. The fourth-order valence-corrected chi connectivity index (χ4v) is 3.39. The summed E-state index contributed by atoms with van der Waals surface area (Å²) in [4.78, 5) is 19.1. The molecule has 1 aromatic heterocycles. The van der Waals surface area contributed by atoms with Crippen molar-refractivity contribution in [2.24, 2.45) is 0 Å². The van der Waals surface area contributed by atoms with Gasteiger partial charge in [-0.2, -0.15) is 0 Å². The molecule has 1 aliphatic rings. The number of ether oxygens (including phenoxy) is 1. The molecule has 1 aromatic carbocycles. The number of nitrogens with zero attached hydrogens (tertiary/aromatic N) is 2. The van der Waals surface area contributed by atoms with E-state index in [2.05, 4.69) is 4.98 Å². The number of para-hydroxylation sites is 1. The minimum atomic E-state index is -0.251. The molecule has 0 saturated carbocycles. The van der Waals surface area contributed by atoms with Gasteiger partial charge in [0.1, 0.15) is 17.2 Å². The smallest absolute Gasteiger partial charge is 0.242 e. The van der Waals surface area contributed by atoms with E-state index in [1.807, 2.05) is 32.0 Å². The van der Waals surface area contributed by atoms with Crippen LogP contribution in [0.5, 0.6) is 5.75 Å². The molecule has 1 aliphatic heterocycles. The first-order valence-electron chi connectivity index (χ1n) is 7.05. The van der Waals surface area contributed by atoms with Gasteiger partial charge >= 0.3 is 0 Å². The number of aromatic nitrogens is 1. The quantitative estimate of drug-likeness (QED) is 0.801. The van der Waals surface area contributed by atoms with E-state index in [4.69, 9.17) is 16.3 Å². The number of fused-ring (bicyclic) bond motifs is 1. The van der Waals surface area contributed by atoms with Gasteiger partial charge in [-0.15, -0.1) is 22.9 Å². The summed E-state index contributed by atoms with van der Waals surface area (Å²) in [5.74, 6) is 0.582. The van der Waals surface area contributed by atoms with E-state index in [0.717, 1.165) is 28.3 Å². The normalized spacial score (nSPS) is 15.2. The number of rotatable bonds is 4. The Kier molecular flexibility index (Phi) is 4.10. The summed E-state index contributed by atoms with van der Waals surface area (Å²) in [5, 5.41) is 0. The summed E-state index contributed by atoms with van der Waals surface area (Å²) in [6.45, 7) is 4.55. The number of anilines is 1. The SMILES string of the molecule is CC1(C)Cc2cccc(N(Cc3cncs3)C(=O)CCl)c2O1. The average Bonchev–Trinajstić information content (AvgIpc) is 3.09. The van der Waals surface area contributed by atoms with Gasteiger partial charge in [0.15, 0.2) is 0 Å². The van der Waals surface area contributed by atoms with Crippen LogP contribution in [0.25, 0.3) is 0 Å². The van der Waals surface area contributed by atoms with Crippen LogP contribution in [0.3, 0.4) is 0 Å². The molecule has 6 heteroatoms. The molecule has 0 atom stereocenters. The molecule has 0 aliphatic carbocycles. The number of hydrogen-bond acceptors (Lipinski definition) is 4. The van der Waals surface area contributed by atoms with Crippen LogP contribution < -0.4 is 9.64 Å². The van der Waals surface area contributed by atoms with Gasteiger partial charge < -0.3 is 9.64 Å². The standard InChI is InChI=1S/C16H17ClN2O2S/c1-16(2)6-11-4-3-5-13(15(11)21-16)19(14(20)7-17)9-12-8-18-10-22-12/h3-5,8,10H,6-7,9H2,1-2H3. The fourth-order valence-electron chi connectivity index (χ4n) is 2.67. The molecular formula is C16H17ClN2O2S. The van der Waals surface area contributed by atoms with Crippen molar-refractivity contribution >= 4 is 34.5 Å².